The lowest BCUT2D eigenvalue weighted by molar-refractivity contribution is 0.112. The van der Waals surface area contributed by atoms with Crippen molar-refractivity contribution in [3.05, 3.63) is 71.0 Å². The number of benzene rings is 3. The topological polar surface area (TPSA) is 26.3 Å². The highest BCUT2D eigenvalue weighted by Gasteiger charge is 2.10. The molecule has 0 atom stereocenters. The Morgan fingerprint density at radius 2 is 1.67 bits per heavy atom. The van der Waals surface area contributed by atoms with Crippen molar-refractivity contribution < 1.29 is 13.9 Å². The summed E-state index contributed by atoms with van der Waals surface area (Å²) in [5.74, 6) is -0.0144. The van der Waals surface area contributed by atoms with Gasteiger partial charge in [-0.05, 0) is 30.3 Å². The fourth-order valence-corrected chi connectivity index (χ4v) is 2.34. The molecule has 4 heteroatoms. The van der Waals surface area contributed by atoms with Gasteiger partial charge in [-0.15, -0.1) is 0 Å². The van der Waals surface area contributed by atoms with Crippen molar-refractivity contribution in [1.29, 1.82) is 0 Å². The molecule has 0 saturated carbocycles. The van der Waals surface area contributed by atoms with Gasteiger partial charge in [0.15, 0.2) is 11.6 Å². The summed E-state index contributed by atoms with van der Waals surface area (Å²) in [5, 5.41) is 2.24. The Balaban J connectivity index is 2.06. The molecule has 0 aromatic heterocycles. The van der Waals surface area contributed by atoms with Gasteiger partial charge in [-0.2, -0.15) is 0 Å². The number of fused-ring (bicyclic) bond motifs is 1. The molecule has 3 aromatic carbocycles. The average molecular weight is 301 g/mol. The first-order chi connectivity index (χ1) is 10.2. The van der Waals surface area contributed by atoms with Crippen LogP contribution in [0.3, 0.4) is 0 Å². The van der Waals surface area contributed by atoms with E-state index in [0.29, 0.717) is 17.1 Å². The molecular formula is C17H10ClFO2. The minimum Gasteiger partial charge on any atom is -0.454 e. The molecule has 0 radical (unpaired) electrons. The van der Waals surface area contributed by atoms with E-state index in [9.17, 15) is 9.18 Å². The van der Waals surface area contributed by atoms with Crippen LogP contribution < -0.4 is 4.74 Å². The summed E-state index contributed by atoms with van der Waals surface area (Å²) < 4.78 is 19.5. The fourth-order valence-electron chi connectivity index (χ4n) is 2.12. The third-order valence-electron chi connectivity index (χ3n) is 3.14. The van der Waals surface area contributed by atoms with Crippen LogP contribution in [-0.2, 0) is 0 Å². The predicted molar refractivity (Wildman–Crippen MR) is 80.8 cm³/mol. The average Bonchev–Trinajstić information content (AvgIpc) is 2.52. The van der Waals surface area contributed by atoms with Crippen molar-refractivity contribution in [2.24, 2.45) is 0 Å². The molecule has 21 heavy (non-hydrogen) atoms. The van der Waals surface area contributed by atoms with Crippen molar-refractivity contribution in [2.45, 2.75) is 0 Å². The second-order valence-corrected chi connectivity index (χ2v) is 4.91. The van der Waals surface area contributed by atoms with E-state index in [1.54, 1.807) is 12.1 Å². The van der Waals surface area contributed by atoms with E-state index in [1.807, 2.05) is 24.3 Å². The molecule has 3 aromatic rings. The van der Waals surface area contributed by atoms with Crippen molar-refractivity contribution in [3.8, 4) is 11.5 Å². The van der Waals surface area contributed by atoms with Crippen LogP contribution in [0.15, 0.2) is 54.6 Å². The van der Waals surface area contributed by atoms with Crippen LogP contribution in [0.2, 0.25) is 5.02 Å². The van der Waals surface area contributed by atoms with Gasteiger partial charge < -0.3 is 4.74 Å². The van der Waals surface area contributed by atoms with Gasteiger partial charge in [0.1, 0.15) is 12.0 Å². The third-order valence-corrected chi connectivity index (χ3v) is 3.47. The minimum absolute atomic E-state index is 0.0630. The number of hydrogen-bond acceptors (Lipinski definition) is 2. The standard InChI is InChI=1S/C17H10ClFO2/c18-14-6-8-16(13-4-2-1-3-12(13)14)21-17-7-5-11(10-20)9-15(17)19/h1-10H. The summed E-state index contributed by atoms with van der Waals surface area (Å²) >= 11 is 6.13. The number of carbonyl (C=O) groups excluding carboxylic acids is 1. The maximum atomic E-state index is 13.9. The van der Waals surface area contributed by atoms with Gasteiger partial charge in [0, 0.05) is 21.4 Å². The van der Waals surface area contributed by atoms with Crippen LogP contribution in [0.25, 0.3) is 10.8 Å². The minimum atomic E-state index is -0.585. The summed E-state index contributed by atoms with van der Waals surface area (Å²) in [4.78, 5) is 10.6. The summed E-state index contributed by atoms with van der Waals surface area (Å²) in [5.41, 5.74) is 0.265. The molecule has 0 spiro atoms. The van der Waals surface area contributed by atoms with E-state index in [1.165, 1.54) is 12.1 Å². The van der Waals surface area contributed by atoms with Crippen molar-refractivity contribution in [1.82, 2.24) is 0 Å². The number of ether oxygens (including phenoxy) is 1. The van der Waals surface area contributed by atoms with E-state index in [0.717, 1.165) is 16.8 Å². The molecule has 0 amide bonds. The molecule has 0 aliphatic rings. The smallest absolute Gasteiger partial charge is 0.166 e. The van der Waals surface area contributed by atoms with E-state index in [-0.39, 0.29) is 11.3 Å². The zero-order valence-electron chi connectivity index (χ0n) is 10.8. The van der Waals surface area contributed by atoms with Crippen LogP contribution in [-0.4, -0.2) is 6.29 Å². The van der Waals surface area contributed by atoms with Crippen LogP contribution in [0.1, 0.15) is 10.4 Å². The molecule has 0 heterocycles. The summed E-state index contributed by atoms with van der Waals surface area (Å²) in [6, 6.07) is 14.9. The molecule has 0 unspecified atom stereocenters. The van der Waals surface area contributed by atoms with E-state index in [2.05, 4.69) is 0 Å². The van der Waals surface area contributed by atoms with E-state index < -0.39 is 5.82 Å². The van der Waals surface area contributed by atoms with Crippen LogP contribution >= 0.6 is 11.6 Å². The third kappa shape index (κ3) is 2.60. The number of halogens is 2. The molecule has 0 bridgehead atoms. The first-order valence-electron chi connectivity index (χ1n) is 6.29. The predicted octanol–water partition coefficient (Wildman–Crippen LogP) is 5.24. The summed E-state index contributed by atoms with van der Waals surface area (Å²) in [6.45, 7) is 0. The number of rotatable bonds is 3. The van der Waals surface area contributed by atoms with E-state index in [4.69, 9.17) is 16.3 Å². The molecule has 0 saturated heterocycles. The molecule has 0 N–H and O–H groups in total. The SMILES string of the molecule is O=Cc1ccc(Oc2ccc(Cl)c3ccccc23)c(F)c1. The lowest BCUT2D eigenvalue weighted by Crippen LogP contribution is -1.91. The fraction of sp³-hybridized carbons (Fsp3) is 0. The Morgan fingerprint density at radius 1 is 0.952 bits per heavy atom. The van der Waals surface area contributed by atoms with E-state index >= 15 is 0 Å². The van der Waals surface area contributed by atoms with Gasteiger partial charge in [-0.3, -0.25) is 4.79 Å². The van der Waals surface area contributed by atoms with Gasteiger partial charge in [-0.25, -0.2) is 4.39 Å². The highest BCUT2D eigenvalue weighted by Crippen LogP contribution is 2.34. The molecule has 2 nitrogen and oxygen atoms in total. The summed E-state index contributed by atoms with van der Waals surface area (Å²) in [6.07, 6.45) is 0.588. The van der Waals surface area contributed by atoms with Gasteiger partial charge >= 0.3 is 0 Å². The Hall–Kier alpha value is -2.39. The van der Waals surface area contributed by atoms with Crippen molar-refractivity contribution in [2.75, 3.05) is 0 Å². The highest BCUT2D eigenvalue weighted by molar-refractivity contribution is 6.35. The van der Waals surface area contributed by atoms with Gasteiger partial charge in [0.05, 0.1) is 0 Å². The van der Waals surface area contributed by atoms with Gasteiger partial charge in [0.2, 0.25) is 0 Å². The monoisotopic (exact) mass is 300 g/mol. The van der Waals surface area contributed by atoms with Crippen LogP contribution in [0.5, 0.6) is 11.5 Å². The number of hydrogen-bond donors (Lipinski definition) is 0. The Bertz CT molecular complexity index is 830. The maximum Gasteiger partial charge on any atom is 0.166 e. The Morgan fingerprint density at radius 3 is 2.38 bits per heavy atom. The summed E-state index contributed by atoms with van der Waals surface area (Å²) in [7, 11) is 0. The zero-order valence-corrected chi connectivity index (χ0v) is 11.6. The molecule has 104 valence electrons. The normalized spacial score (nSPS) is 10.6. The number of carbonyl (C=O) groups is 1. The molecule has 0 aliphatic carbocycles. The van der Waals surface area contributed by atoms with Crippen LogP contribution in [0, 0.1) is 5.82 Å². The zero-order chi connectivity index (χ0) is 14.8. The second-order valence-electron chi connectivity index (χ2n) is 4.50. The number of aldehydes is 1. The first-order valence-corrected chi connectivity index (χ1v) is 6.66. The largest absolute Gasteiger partial charge is 0.454 e. The highest BCUT2D eigenvalue weighted by atomic mass is 35.5. The second kappa shape index (κ2) is 5.54. The lowest BCUT2D eigenvalue weighted by Gasteiger charge is -2.10. The Kier molecular flexibility index (Phi) is 3.59. The maximum absolute atomic E-state index is 13.9. The molecule has 0 fully saturated rings. The first kappa shape index (κ1) is 13.6. The Labute approximate surface area is 125 Å². The molecular weight excluding hydrogens is 291 g/mol. The molecule has 0 aliphatic heterocycles. The van der Waals surface area contributed by atoms with Crippen molar-refractivity contribution >= 4 is 28.7 Å². The van der Waals surface area contributed by atoms with Crippen molar-refractivity contribution in [3.63, 3.8) is 0 Å². The molecule has 3 rings (SSSR count). The quantitative estimate of drug-likeness (QED) is 0.618. The van der Waals surface area contributed by atoms with Crippen LogP contribution in [0.4, 0.5) is 4.39 Å². The lowest BCUT2D eigenvalue weighted by atomic mass is 10.1. The van der Waals surface area contributed by atoms with Gasteiger partial charge in [0.25, 0.3) is 0 Å². The van der Waals surface area contributed by atoms with Gasteiger partial charge in [-0.1, -0.05) is 35.9 Å².